The lowest BCUT2D eigenvalue weighted by Gasteiger charge is -2.36. The van der Waals surface area contributed by atoms with Gasteiger partial charge >= 0.3 is 5.97 Å². The van der Waals surface area contributed by atoms with Crippen LogP contribution in [-0.4, -0.2) is 46.2 Å². The van der Waals surface area contributed by atoms with Crippen molar-refractivity contribution in [3.05, 3.63) is 33.9 Å². The third-order valence-corrected chi connectivity index (χ3v) is 4.65. The maximum absolute atomic E-state index is 14.6. The van der Waals surface area contributed by atoms with Gasteiger partial charge in [-0.1, -0.05) is 0 Å². The second-order valence-corrected chi connectivity index (χ2v) is 5.98. The third-order valence-electron chi connectivity index (χ3n) is 4.65. The van der Waals surface area contributed by atoms with Crippen molar-refractivity contribution in [3.63, 3.8) is 0 Å². The van der Waals surface area contributed by atoms with Crippen LogP contribution in [0.25, 0.3) is 11.0 Å². The Labute approximate surface area is 130 Å². The van der Waals surface area contributed by atoms with Crippen molar-refractivity contribution in [2.24, 2.45) is 0 Å². The summed E-state index contributed by atoms with van der Waals surface area (Å²) in [6.45, 7) is 1.56. The molecule has 0 aromatic carbocycles. The van der Waals surface area contributed by atoms with Gasteiger partial charge in [-0.15, -0.1) is 0 Å². The van der Waals surface area contributed by atoms with E-state index >= 15 is 0 Å². The average molecular weight is 318 g/mol. The number of carbonyl (C=O) groups is 1. The van der Waals surface area contributed by atoms with Crippen LogP contribution in [0.1, 0.15) is 23.2 Å². The standard InChI is InChI=1S/C15H15FN4O3/c16-11-3-9-12(21)10(15(22)23)6-18-13(9)19-14(11)20-7-1-2-8(20)5-17-4-7/h3,6-8,17H,1-2,4-5H2,(H,22,23)(H,18,19,21). The highest BCUT2D eigenvalue weighted by molar-refractivity contribution is 5.91. The Morgan fingerprint density at radius 2 is 2.04 bits per heavy atom. The highest BCUT2D eigenvalue weighted by Gasteiger charge is 2.38. The van der Waals surface area contributed by atoms with E-state index < -0.39 is 22.8 Å². The van der Waals surface area contributed by atoms with E-state index in [-0.39, 0.29) is 28.9 Å². The van der Waals surface area contributed by atoms with E-state index in [1.807, 2.05) is 4.90 Å². The Morgan fingerprint density at radius 3 is 2.70 bits per heavy atom. The van der Waals surface area contributed by atoms with Crippen molar-refractivity contribution in [3.8, 4) is 0 Å². The van der Waals surface area contributed by atoms with E-state index in [9.17, 15) is 14.0 Å². The molecule has 23 heavy (non-hydrogen) atoms. The van der Waals surface area contributed by atoms with Crippen molar-refractivity contribution in [1.82, 2.24) is 15.3 Å². The molecule has 7 nitrogen and oxygen atoms in total. The molecule has 2 aliphatic rings. The summed E-state index contributed by atoms with van der Waals surface area (Å²) in [5.74, 6) is -1.72. The summed E-state index contributed by atoms with van der Waals surface area (Å²) in [7, 11) is 0. The topological polar surface area (TPSA) is 98.3 Å². The smallest absolute Gasteiger partial charge is 0.341 e. The van der Waals surface area contributed by atoms with Crippen LogP contribution >= 0.6 is 0 Å². The minimum Gasteiger partial charge on any atom is -0.477 e. The Morgan fingerprint density at radius 1 is 1.35 bits per heavy atom. The van der Waals surface area contributed by atoms with Crippen molar-refractivity contribution in [2.75, 3.05) is 18.0 Å². The highest BCUT2D eigenvalue weighted by Crippen LogP contribution is 2.33. The van der Waals surface area contributed by atoms with E-state index in [4.69, 9.17) is 5.11 Å². The summed E-state index contributed by atoms with van der Waals surface area (Å²) in [5, 5.41) is 12.3. The van der Waals surface area contributed by atoms with E-state index in [0.29, 0.717) is 0 Å². The molecule has 2 aromatic heterocycles. The first kappa shape index (κ1) is 14.1. The molecule has 4 rings (SSSR count). The molecule has 0 spiro atoms. The number of rotatable bonds is 2. The first-order valence-corrected chi connectivity index (χ1v) is 7.50. The molecular formula is C15H15FN4O3. The molecular weight excluding hydrogens is 303 g/mol. The number of aromatic nitrogens is 2. The molecule has 2 bridgehead atoms. The van der Waals surface area contributed by atoms with Gasteiger partial charge in [0, 0.05) is 31.4 Å². The molecule has 2 aromatic rings. The number of anilines is 1. The maximum atomic E-state index is 14.6. The van der Waals surface area contributed by atoms with Crippen LogP contribution in [0.5, 0.6) is 0 Å². The number of hydrogen-bond acceptors (Lipinski definition) is 5. The third kappa shape index (κ3) is 2.09. The van der Waals surface area contributed by atoms with Gasteiger partial charge in [0.1, 0.15) is 11.2 Å². The van der Waals surface area contributed by atoms with Crippen LogP contribution in [-0.2, 0) is 0 Å². The average Bonchev–Trinajstić information content (AvgIpc) is 2.76. The summed E-state index contributed by atoms with van der Waals surface area (Å²) in [4.78, 5) is 32.1. The number of nitrogens with one attached hydrogen (secondary N) is 2. The quantitative estimate of drug-likeness (QED) is 0.754. The van der Waals surface area contributed by atoms with Gasteiger partial charge in [0.25, 0.3) is 0 Å². The highest BCUT2D eigenvalue weighted by atomic mass is 19.1. The van der Waals surface area contributed by atoms with Crippen LogP contribution in [0.2, 0.25) is 0 Å². The monoisotopic (exact) mass is 318 g/mol. The van der Waals surface area contributed by atoms with Crippen LogP contribution in [0.3, 0.4) is 0 Å². The zero-order valence-corrected chi connectivity index (χ0v) is 12.2. The van der Waals surface area contributed by atoms with Crippen LogP contribution < -0.4 is 15.6 Å². The van der Waals surface area contributed by atoms with E-state index in [1.165, 1.54) is 0 Å². The molecule has 120 valence electrons. The van der Waals surface area contributed by atoms with Crippen molar-refractivity contribution < 1.29 is 14.3 Å². The number of nitrogens with zero attached hydrogens (tertiary/aromatic N) is 2. The SMILES string of the molecule is O=C(O)c1c[nH]c2nc(N3C4CCC3CNC4)c(F)cc2c1=O. The van der Waals surface area contributed by atoms with Gasteiger partial charge < -0.3 is 20.3 Å². The van der Waals surface area contributed by atoms with Gasteiger partial charge in [-0.3, -0.25) is 4.79 Å². The molecule has 4 heterocycles. The number of fused-ring (bicyclic) bond motifs is 3. The molecule has 2 saturated heterocycles. The molecule has 2 aliphatic heterocycles. The molecule has 3 N–H and O–H groups in total. The Hall–Kier alpha value is -2.48. The number of carboxylic acid groups (broad SMARTS) is 1. The summed E-state index contributed by atoms with van der Waals surface area (Å²) < 4.78 is 14.6. The molecule has 8 heteroatoms. The summed E-state index contributed by atoms with van der Waals surface area (Å²) in [6, 6.07) is 1.47. The fourth-order valence-electron chi connectivity index (χ4n) is 3.58. The number of hydrogen-bond donors (Lipinski definition) is 3. The van der Waals surface area contributed by atoms with Crippen molar-refractivity contribution >= 4 is 22.8 Å². The lowest BCUT2D eigenvalue weighted by Crippen LogP contribution is -2.52. The first-order valence-electron chi connectivity index (χ1n) is 7.50. The molecule has 0 radical (unpaired) electrons. The fraction of sp³-hybridized carbons (Fsp3) is 0.400. The van der Waals surface area contributed by atoms with Gasteiger partial charge in [0.05, 0.1) is 5.39 Å². The predicted molar refractivity (Wildman–Crippen MR) is 81.4 cm³/mol. The van der Waals surface area contributed by atoms with Gasteiger partial charge in [0.15, 0.2) is 11.6 Å². The minimum atomic E-state index is -1.35. The number of pyridine rings is 2. The van der Waals surface area contributed by atoms with Crippen LogP contribution in [0.4, 0.5) is 10.2 Å². The molecule has 0 aliphatic carbocycles. The fourth-order valence-corrected chi connectivity index (χ4v) is 3.58. The minimum absolute atomic E-state index is 0.0476. The lowest BCUT2D eigenvalue weighted by molar-refractivity contribution is 0.0695. The number of H-pyrrole nitrogens is 1. The predicted octanol–water partition coefficient (Wildman–Crippen LogP) is 0.701. The van der Waals surface area contributed by atoms with E-state index in [0.717, 1.165) is 38.2 Å². The molecule has 2 unspecified atom stereocenters. The Bertz CT molecular complexity index is 850. The molecule has 0 amide bonds. The van der Waals surface area contributed by atoms with E-state index in [1.54, 1.807) is 0 Å². The second-order valence-electron chi connectivity index (χ2n) is 5.98. The lowest BCUT2D eigenvalue weighted by atomic mass is 10.1. The zero-order chi connectivity index (χ0) is 16.1. The maximum Gasteiger partial charge on any atom is 0.341 e. The van der Waals surface area contributed by atoms with Gasteiger partial charge in [-0.25, -0.2) is 14.2 Å². The van der Waals surface area contributed by atoms with E-state index in [2.05, 4.69) is 15.3 Å². The van der Waals surface area contributed by atoms with Gasteiger partial charge in [0.2, 0.25) is 5.43 Å². The van der Waals surface area contributed by atoms with Gasteiger partial charge in [-0.2, -0.15) is 0 Å². The Kier molecular flexibility index (Phi) is 3.08. The first-order chi connectivity index (χ1) is 11.1. The number of carboxylic acids is 1. The largest absolute Gasteiger partial charge is 0.477 e. The summed E-state index contributed by atoms with van der Waals surface area (Å²) in [6.07, 6.45) is 3.06. The van der Waals surface area contributed by atoms with Crippen LogP contribution in [0, 0.1) is 5.82 Å². The summed E-state index contributed by atoms with van der Waals surface area (Å²) >= 11 is 0. The number of piperazine rings is 1. The molecule has 2 fully saturated rings. The molecule has 2 atom stereocenters. The summed E-state index contributed by atoms with van der Waals surface area (Å²) in [5.41, 5.74) is -0.949. The zero-order valence-electron chi connectivity index (χ0n) is 12.2. The normalized spacial score (nSPS) is 23.4. The van der Waals surface area contributed by atoms with Crippen LogP contribution in [0.15, 0.2) is 17.1 Å². The number of halogens is 1. The Balaban J connectivity index is 1.87. The number of aromatic carboxylic acids is 1. The van der Waals surface area contributed by atoms with Gasteiger partial charge in [-0.05, 0) is 18.9 Å². The van der Waals surface area contributed by atoms with Crippen molar-refractivity contribution in [2.45, 2.75) is 24.9 Å². The second kappa shape index (κ2) is 5.02. The van der Waals surface area contributed by atoms with Crippen molar-refractivity contribution in [1.29, 1.82) is 0 Å². The molecule has 0 saturated carbocycles. The number of aromatic amines is 1.